The highest BCUT2D eigenvalue weighted by Crippen LogP contribution is 2.24. The van der Waals surface area contributed by atoms with E-state index in [1.54, 1.807) is 25.1 Å². The van der Waals surface area contributed by atoms with Crippen LogP contribution >= 0.6 is 11.6 Å². The van der Waals surface area contributed by atoms with E-state index >= 15 is 0 Å². The lowest BCUT2D eigenvalue weighted by Gasteiger charge is -2.19. The molecule has 1 aliphatic rings. The lowest BCUT2D eigenvalue weighted by atomic mass is 10.0. The summed E-state index contributed by atoms with van der Waals surface area (Å²) in [7, 11) is -3.61. The average molecular weight is 407 g/mol. The number of hydrogen-bond donors (Lipinski definition) is 2. The molecule has 2 aromatic rings. The van der Waals surface area contributed by atoms with Gasteiger partial charge in [0.15, 0.2) is 0 Å². The Kier molecular flexibility index (Phi) is 5.89. The van der Waals surface area contributed by atoms with E-state index in [4.69, 9.17) is 11.6 Å². The fourth-order valence-corrected chi connectivity index (χ4v) is 4.31. The summed E-state index contributed by atoms with van der Waals surface area (Å²) in [4.78, 5) is 13.0. The van der Waals surface area contributed by atoms with Crippen LogP contribution in [0.4, 0.5) is 0 Å². The van der Waals surface area contributed by atoms with Crippen LogP contribution in [-0.2, 0) is 10.0 Å². The number of carbonyl (C=O) groups is 1. The molecule has 144 valence electrons. The summed E-state index contributed by atoms with van der Waals surface area (Å²) in [6.45, 7) is 3.77. The molecule has 7 heteroatoms. The van der Waals surface area contributed by atoms with Crippen LogP contribution in [0.3, 0.4) is 0 Å². The van der Waals surface area contributed by atoms with Crippen molar-refractivity contribution in [3.8, 4) is 0 Å². The van der Waals surface area contributed by atoms with E-state index in [-0.39, 0.29) is 22.9 Å². The van der Waals surface area contributed by atoms with Gasteiger partial charge in [0, 0.05) is 16.6 Å². The first-order valence-electron chi connectivity index (χ1n) is 8.99. The summed E-state index contributed by atoms with van der Waals surface area (Å²) in [5, 5.41) is 3.63. The van der Waals surface area contributed by atoms with Crippen LogP contribution in [0.25, 0.3) is 0 Å². The van der Waals surface area contributed by atoms with Crippen molar-refractivity contribution in [3.05, 3.63) is 64.2 Å². The molecule has 1 saturated carbocycles. The van der Waals surface area contributed by atoms with Crippen molar-refractivity contribution in [2.45, 2.75) is 50.1 Å². The molecule has 1 aliphatic carbocycles. The minimum Gasteiger partial charge on any atom is -0.345 e. The van der Waals surface area contributed by atoms with Gasteiger partial charge in [-0.1, -0.05) is 36.7 Å². The zero-order chi connectivity index (χ0) is 19.6. The van der Waals surface area contributed by atoms with Crippen molar-refractivity contribution in [3.63, 3.8) is 0 Å². The quantitative estimate of drug-likeness (QED) is 0.730. The highest BCUT2D eigenvalue weighted by Gasteiger charge is 2.28. The number of nitrogens with one attached hydrogen (secondary N) is 2. The first-order chi connectivity index (χ1) is 12.8. The molecule has 0 spiro atoms. The van der Waals surface area contributed by atoms with Gasteiger partial charge in [-0.3, -0.25) is 4.79 Å². The molecule has 2 N–H and O–H groups in total. The molecule has 0 aromatic heterocycles. The Balaban J connectivity index is 1.82. The first kappa shape index (κ1) is 19.9. The molecule has 3 rings (SSSR count). The molecule has 0 radical (unpaired) electrons. The highest BCUT2D eigenvalue weighted by molar-refractivity contribution is 7.89. The second-order valence-electron chi connectivity index (χ2n) is 6.86. The molecule has 2 aromatic carbocycles. The summed E-state index contributed by atoms with van der Waals surface area (Å²) in [6, 6.07) is 11.8. The van der Waals surface area contributed by atoms with E-state index in [0.717, 1.165) is 24.0 Å². The maximum atomic E-state index is 12.8. The predicted octanol–water partition coefficient (Wildman–Crippen LogP) is 3.97. The monoisotopic (exact) mass is 406 g/mol. The van der Waals surface area contributed by atoms with Crippen molar-refractivity contribution in [2.75, 3.05) is 0 Å². The number of aryl methyl sites for hydroxylation is 1. The molecular weight excluding hydrogens is 384 g/mol. The topological polar surface area (TPSA) is 75.3 Å². The standard InChI is InChI=1S/C20H23ClN2O3S/c1-3-19(14-5-7-15(21)8-6-14)22-20(24)18-12-17(11-4-13(18)2)27(25,26)23-16-9-10-16/h4-8,11-12,16,19,23H,3,9-10H2,1-2H3,(H,22,24). The van der Waals surface area contributed by atoms with Gasteiger partial charge in [0.05, 0.1) is 10.9 Å². The Bertz CT molecular complexity index is 938. The maximum Gasteiger partial charge on any atom is 0.252 e. The molecule has 1 fully saturated rings. The Labute approximate surface area is 165 Å². The molecule has 0 saturated heterocycles. The Morgan fingerprint density at radius 2 is 1.85 bits per heavy atom. The molecule has 0 heterocycles. The molecule has 0 bridgehead atoms. The van der Waals surface area contributed by atoms with Crippen LogP contribution in [0, 0.1) is 6.92 Å². The van der Waals surface area contributed by atoms with Crippen LogP contribution in [0.1, 0.15) is 53.7 Å². The van der Waals surface area contributed by atoms with Crippen LogP contribution in [0.2, 0.25) is 5.02 Å². The van der Waals surface area contributed by atoms with Crippen molar-refractivity contribution in [1.82, 2.24) is 10.0 Å². The third kappa shape index (κ3) is 4.89. The van der Waals surface area contributed by atoms with E-state index in [1.807, 2.05) is 19.1 Å². The summed E-state index contributed by atoms with van der Waals surface area (Å²) in [5.41, 5.74) is 2.04. The second-order valence-corrected chi connectivity index (χ2v) is 9.01. The molecular formula is C20H23ClN2O3S. The van der Waals surface area contributed by atoms with Gasteiger partial charge in [-0.2, -0.15) is 0 Å². The largest absolute Gasteiger partial charge is 0.345 e. The second kappa shape index (κ2) is 8.00. The van der Waals surface area contributed by atoms with Crippen molar-refractivity contribution in [2.24, 2.45) is 0 Å². The van der Waals surface area contributed by atoms with Gasteiger partial charge in [0.2, 0.25) is 10.0 Å². The summed E-state index contributed by atoms with van der Waals surface area (Å²) in [5.74, 6) is -0.294. The highest BCUT2D eigenvalue weighted by atomic mass is 35.5. The van der Waals surface area contributed by atoms with Gasteiger partial charge in [0.1, 0.15) is 0 Å². The van der Waals surface area contributed by atoms with Gasteiger partial charge >= 0.3 is 0 Å². The Hall–Kier alpha value is -1.89. The molecule has 1 atom stereocenters. The van der Waals surface area contributed by atoms with Crippen LogP contribution in [0.15, 0.2) is 47.4 Å². The lowest BCUT2D eigenvalue weighted by molar-refractivity contribution is 0.0934. The number of carbonyl (C=O) groups excluding carboxylic acids is 1. The van der Waals surface area contributed by atoms with E-state index in [2.05, 4.69) is 10.0 Å². The van der Waals surface area contributed by atoms with Crippen LogP contribution in [-0.4, -0.2) is 20.4 Å². The Morgan fingerprint density at radius 1 is 1.19 bits per heavy atom. The zero-order valence-corrected chi connectivity index (χ0v) is 16.9. The molecule has 1 unspecified atom stereocenters. The fourth-order valence-electron chi connectivity index (χ4n) is 2.85. The zero-order valence-electron chi connectivity index (χ0n) is 15.3. The van der Waals surface area contributed by atoms with E-state index in [9.17, 15) is 13.2 Å². The minimum atomic E-state index is -3.61. The van der Waals surface area contributed by atoms with E-state index < -0.39 is 10.0 Å². The molecule has 5 nitrogen and oxygen atoms in total. The predicted molar refractivity (Wildman–Crippen MR) is 106 cm³/mol. The van der Waals surface area contributed by atoms with Gasteiger partial charge in [-0.25, -0.2) is 13.1 Å². The lowest BCUT2D eigenvalue weighted by Crippen LogP contribution is -2.30. The molecule has 1 amide bonds. The van der Waals surface area contributed by atoms with Crippen molar-refractivity contribution in [1.29, 1.82) is 0 Å². The Morgan fingerprint density at radius 3 is 2.44 bits per heavy atom. The SMILES string of the molecule is CCC(NC(=O)c1cc(S(=O)(=O)NC2CC2)ccc1C)c1ccc(Cl)cc1. The van der Waals surface area contributed by atoms with Gasteiger partial charge in [-0.05, 0) is 61.6 Å². The number of amides is 1. The smallest absolute Gasteiger partial charge is 0.252 e. The van der Waals surface area contributed by atoms with Gasteiger partial charge in [0.25, 0.3) is 5.91 Å². The number of rotatable bonds is 7. The summed E-state index contributed by atoms with van der Waals surface area (Å²) >= 11 is 5.93. The number of benzene rings is 2. The van der Waals surface area contributed by atoms with Gasteiger partial charge in [-0.15, -0.1) is 0 Å². The van der Waals surface area contributed by atoms with Crippen molar-refractivity contribution >= 4 is 27.5 Å². The van der Waals surface area contributed by atoms with Crippen LogP contribution < -0.4 is 10.0 Å². The fraction of sp³-hybridized carbons (Fsp3) is 0.350. The number of sulfonamides is 1. The van der Waals surface area contributed by atoms with Crippen molar-refractivity contribution < 1.29 is 13.2 Å². The molecule has 27 heavy (non-hydrogen) atoms. The summed E-state index contributed by atoms with van der Waals surface area (Å²) in [6.07, 6.45) is 2.42. The third-order valence-corrected chi connectivity index (χ3v) is 6.42. The normalized spacial score (nSPS) is 15.4. The molecule has 0 aliphatic heterocycles. The number of halogens is 1. The van der Waals surface area contributed by atoms with Gasteiger partial charge < -0.3 is 5.32 Å². The van der Waals surface area contributed by atoms with E-state index in [1.165, 1.54) is 12.1 Å². The summed E-state index contributed by atoms with van der Waals surface area (Å²) < 4.78 is 27.5. The first-order valence-corrected chi connectivity index (χ1v) is 10.9. The minimum absolute atomic E-state index is 0.0166. The average Bonchev–Trinajstić information content (AvgIpc) is 3.43. The third-order valence-electron chi connectivity index (χ3n) is 4.65. The van der Waals surface area contributed by atoms with Crippen LogP contribution in [0.5, 0.6) is 0 Å². The maximum absolute atomic E-state index is 12.8. The van der Waals surface area contributed by atoms with E-state index in [0.29, 0.717) is 17.0 Å². The number of hydrogen-bond acceptors (Lipinski definition) is 3.